The van der Waals surface area contributed by atoms with Gasteiger partial charge < -0.3 is 4.90 Å². The standard InChI is InChI=1S/C19H28N2O/c1-2-3-12-19(22)21-16-14-20(15-17-21)13-8-7-11-18-9-5-4-6-10-18/h4-7,9-11H,2-3,8,12-17H2,1H3/b11-7+. The zero-order valence-electron chi connectivity index (χ0n) is 13.7. The molecule has 1 heterocycles. The van der Waals surface area contributed by atoms with Gasteiger partial charge in [-0.1, -0.05) is 55.8 Å². The number of nitrogens with zero attached hydrogens (tertiary/aromatic N) is 2. The van der Waals surface area contributed by atoms with E-state index >= 15 is 0 Å². The number of benzene rings is 1. The Hall–Kier alpha value is -1.61. The molecule has 120 valence electrons. The van der Waals surface area contributed by atoms with Gasteiger partial charge in [-0.2, -0.15) is 0 Å². The van der Waals surface area contributed by atoms with Gasteiger partial charge >= 0.3 is 0 Å². The van der Waals surface area contributed by atoms with Gasteiger partial charge in [0, 0.05) is 39.1 Å². The summed E-state index contributed by atoms with van der Waals surface area (Å²) in [5.74, 6) is 0.338. The van der Waals surface area contributed by atoms with E-state index in [4.69, 9.17) is 0 Å². The Morgan fingerprint density at radius 2 is 1.86 bits per heavy atom. The van der Waals surface area contributed by atoms with Crippen LogP contribution in [0.4, 0.5) is 0 Å². The summed E-state index contributed by atoms with van der Waals surface area (Å²) in [6, 6.07) is 10.4. The SMILES string of the molecule is CCCCC(=O)N1CCN(CC/C=C/c2ccccc2)CC1. The summed E-state index contributed by atoms with van der Waals surface area (Å²) in [7, 11) is 0. The number of rotatable bonds is 7. The zero-order chi connectivity index (χ0) is 15.6. The van der Waals surface area contributed by atoms with Crippen molar-refractivity contribution in [1.82, 2.24) is 9.80 Å². The summed E-state index contributed by atoms with van der Waals surface area (Å²) < 4.78 is 0. The van der Waals surface area contributed by atoms with Gasteiger partial charge in [0.1, 0.15) is 0 Å². The smallest absolute Gasteiger partial charge is 0.222 e. The summed E-state index contributed by atoms with van der Waals surface area (Å²) in [5.41, 5.74) is 1.26. The molecule has 0 aromatic heterocycles. The third-order valence-corrected chi connectivity index (χ3v) is 4.19. The van der Waals surface area contributed by atoms with Gasteiger partial charge in [-0.15, -0.1) is 0 Å². The molecule has 0 aliphatic carbocycles. The van der Waals surface area contributed by atoms with Crippen molar-refractivity contribution in [3.63, 3.8) is 0 Å². The first-order valence-electron chi connectivity index (χ1n) is 8.51. The van der Waals surface area contributed by atoms with Crippen molar-refractivity contribution in [2.45, 2.75) is 32.6 Å². The van der Waals surface area contributed by atoms with Gasteiger partial charge in [-0.3, -0.25) is 9.69 Å². The van der Waals surface area contributed by atoms with Gasteiger partial charge in [0.25, 0.3) is 0 Å². The van der Waals surface area contributed by atoms with E-state index < -0.39 is 0 Å². The molecule has 0 saturated carbocycles. The Morgan fingerprint density at radius 3 is 2.55 bits per heavy atom. The summed E-state index contributed by atoms with van der Waals surface area (Å²) in [6.45, 7) is 7.03. The molecule has 0 bridgehead atoms. The lowest BCUT2D eigenvalue weighted by Gasteiger charge is -2.34. The van der Waals surface area contributed by atoms with Crippen LogP contribution in [0.25, 0.3) is 6.08 Å². The van der Waals surface area contributed by atoms with Crippen molar-refractivity contribution in [2.75, 3.05) is 32.7 Å². The van der Waals surface area contributed by atoms with Crippen LogP contribution >= 0.6 is 0 Å². The second kappa shape index (κ2) is 9.42. The molecule has 22 heavy (non-hydrogen) atoms. The normalized spacial score (nSPS) is 16.3. The van der Waals surface area contributed by atoms with Gasteiger partial charge in [0.2, 0.25) is 5.91 Å². The van der Waals surface area contributed by atoms with Crippen molar-refractivity contribution in [3.05, 3.63) is 42.0 Å². The Bertz CT molecular complexity index is 462. The maximum absolute atomic E-state index is 12.0. The minimum atomic E-state index is 0.338. The van der Waals surface area contributed by atoms with Crippen LogP contribution in [-0.4, -0.2) is 48.4 Å². The number of carbonyl (C=O) groups excluding carboxylic acids is 1. The predicted octanol–water partition coefficient (Wildman–Crippen LogP) is 3.42. The van der Waals surface area contributed by atoms with Crippen molar-refractivity contribution in [2.24, 2.45) is 0 Å². The monoisotopic (exact) mass is 300 g/mol. The van der Waals surface area contributed by atoms with Crippen LogP contribution in [0.1, 0.15) is 38.2 Å². The van der Waals surface area contributed by atoms with Crippen molar-refractivity contribution < 1.29 is 4.79 Å². The maximum Gasteiger partial charge on any atom is 0.222 e. The number of hydrogen-bond acceptors (Lipinski definition) is 2. The van der Waals surface area contributed by atoms with Crippen LogP contribution in [0, 0.1) is 0 Å². The minimum Gasteiger partial charge on any atom is -0.340 e. The molecule has 3 heteroatoms. The lowest BCUT2D eigenvalue weighted by atomic mass is 10.2. The molecular formula is C19H28N2O. The molecule has 1 amide bonds. The summed E-state index contributed by atoms with van der Waals surface area (Å²) in [4.78, 5) is 16.5. The van der Waals surface area contributed by atoms with Gasteiger partial charge in [-0.05, 0) is 18.4 Å². The van der Waals surface area contributed by atoms with Gasteiger partial charge in [0.15, 0.2) is 0 Å². The van der Waals surface area contributed by atoms with Crippen molar-refractivity contribution >= 4 is 12.0 Å². The third kappa shape index (κ3) is 5.64. The van der Waals surface area contributed by atoms with Crippen LogP contribution in [0.5, 0.6) is 0 Å². The first-order chi connectivity index (χ1) is 10.8. The topological polar surface area (TPSA) is 23.6 Å². The fraction of sp³-hybridized carbons (Fsp3) is 0.526. The fourth-order valence-electron chi connectivity index (χ4n) is 2.75. The van der Waals surface area contributed by atoms with E-state index in [1.54, 1.807) is 0 Å². The second-order valence-corrected chi connectivity index (χ2v) is 5.93. The molecule has 1 aliphatic rings. The predicted molar refractivity (Wildman–Crippen MR) is 92.6 cm³/mol. The summed E-state index contributed by atoms with van der Waals surface area (Å²) in [6.07, 6.45) is 8.33. The number of carbonyl (C=O) groups is 1. The van der Waals surface area contributed by atoms with E-state index in [1.807, 2.05) is 11.0 Å². The third-order valence-electron chi connectivity index (χ3n) is 4.19. The summed E-state index contributed by atoms with van der Waals surface area (Å²) in [5, 5.41) is 0. The molecule has 3 nitrogen and oxygen atoms in total. The quantitative estimate of drug-likeness (QED) is 0.770. The largest absolute Gasteiger partial charge is 0.340 e. The molecule has 0 N–H and O–H groups in total. The van der Waals surface area contributed by atoms with Crippen molar-refractivity contribution in [3.8, 4) is 0 Å². The van der Waals surface area contributed by atoms with Crippen LogP contribution in [-0.2, 0) is 4.79 Å². The fourth-order valence-corrected chi connectivity index (χ4v) is 2.75. The minimum absolute atomic E-state index is 0.338. The Labute approximate surface area is 134 Å². The van der Waals surface area contributed by atoms with E-state index in [2.05, 4.69) is 48.2 Å². The highest BCUT2D eigenvalue weighted by Gasteiger charge is 2.19. The van der Waals surface area contributed by atoms with Crippen LogP contribution in [0.3, 0.4) is 0 Å². The molecule has 2 rings (SSSR count). The average Bonchev–Trinajstić information content (AvgIpc) is 2.58. The van der Waals surface area contributed by atoms with Crippen LogP contribution < -0.4 is 0 Å². The highest BCUT2D eigenvalue weighted by atomic mass is 16.2. The first kappa shape index (κ1) is 16.8. The highest BCUT2D eigenvalue weighted by Crippen LogP contribution is 2.08. The molecule has 1 aromatic rings. The molecule has 1 fully saturated rings. The van der Waals surface area contributed by atoms with Gasteiger partial charge in [-0.25, -0.2) is 0 Å². The molecule has 0 radical (unpaired) electrons. The van der Waals surface area contributed by atoms with Crippen LogP contribution in [0.2, 0.25) is 0 Å². The summed E-state index contributed by atoms with van der Waals surface area (Å²) >= 11 is 0. The van der Waals surface area contributed by atoms with E-state index in [0.29, 0.717) is 5.91 Å². The molecule has 1 aliphatic heterocycles. The Balaban J connectivity index is 1.63. The van der Waals surface area contributed by atoms with E-state index in [9.17, 15) is 4.79 Å². The number of unbranched alkanes of at least 4 members (excludes halogenated alkanes) is 1. The van der Waals surface area contributed by atoms with Crippen LogP contribution in [0.15, 0.2) is 36.4 Å². The average molecular weight is 300 g/mol. The molecule has 1 saturated heterocycles. The highest BCUT2D eigenvalue weighted by molar-refractivity contribution is 5.76. The van der Waals surface area contributed by atoms with E-state index in [1.165, 1.54) is 5.56 Å². The van der Waals surface area contributed by atoms with E-state index in [0.717, 1.165) is 58.4 Å². The maximum atomic E-state index is 12.0. The number of amides is 1. The molecule has 1 aromatic carbocycles. The number of piperazine rings is 1. The van der Waals surface area contributed by atoms with E-state index in [-0.39, 0.29) is 0 Å². The number of hydrogen-bond donors (Lipinski definition) is 0. The molecular weight excluding hydrogens is 272 g/mol. The lowest BCUT2D eigenvalue weighted by Crippen LogP contribution is -2.48. The Morgan fingerprint density at radius 1 is 1.14 bits per heavy atom. The molecule has 0 spiro atoms. The lowest BCUT2D eigenvalue weighted by molar-refractivity contribution is -0.133. The van der Waals surface area contributed by atoms with Crippen molar-refractivity contribution in [1.29, 1.82) is 0 Å². The second-order valence-electron chi connectivity index (χ2n) is 5.93. The zero-order valence-corrected chi connectivity index (χ0v) is 13.7. The molecule has 0 atom stereocenters. The van der Waals surface area contributed by atoms with Gasteiger partial charge in [0.05, 0.1) is 0 Å². The molecule has 0 unspecified atom stereocenters. The Kier molecular flexibility index (Phi) is 7.17. The first-order valence-corrected chi connectivity index (χ1v) is 8.51.